The number of urea groups is 1. The van der Waals surface area contributed by atoms with Crippen LogP contribution in [-0.4, -0.2) is 65.9 Å². The van der Waals surface area contributed by atoms with Crippen molar-refractivity contribution in [1.82, 2.24) is 10.2 Å². The second-order valence-electron chi connectivity index (χ2n) is 4.16. The van der Waals surface area contributed by atoms with Gasteiger partial charge in [-0.2, -0.15) is 0 Å². The van der Waals surface area contributed by atoms with E-state index in [1.54, 1.807) is 0 Å². The zero-order chi connectivity index (χ0) is 14.3. The molecule has 0 saturated carbocycles. The summed E-state index contributed by atoms with van der Waals surface area (Å²) in [6, 6.07) is -0.605. The van der Waals surface area contributed by atoms with E-state index in [1.165, 1.54) is 21.1 Å². The number of rotatable bonds is 6. The lowest BCUT2D eigenvalue weighted by Crippen LogP contribution is -2.47. The van der Waals surface area contributed by atoms with E-state index >= 15 is 0 Å². The molecule has 0 aromatic rings. The van der Waals surface area contributed by atoms with Gasteiger partial charge in [0.25, 0.3) is 0 Å². The number of hydrogen-bond acceptors (Lipinski definition) is 5. The molecule has 0 heterocycles. The molecular formula is C10H18N2O6. The summed E-state index contributed by atoms with van der Waals surface area (Å²) in [6.45, 7) is 0.828. The van der Waals surface area contributed by atoms with Gasteiger partial charge in [0.1, 0.15) is 6.54 Å². The molecule has 8 nitrogen and oxygen atoms in total. The van der Waals surface area contributed by atoms with Crippen LogP contribution in [-0.2, 0) is 14.3 Å². The van der Waals surface area contributed by atoms with E-state index in [2.05, 4.69) is 10.1 Å². The van der Waals surface area contributed by atoms with Crippen molar-refractivity contribution in [1.29, 1.82) is 0 Å². The molecule has 0 fully saturated rings. The van der Waals surface area contributed by atoms with Gasteiger partial charge in [0.15, 0.2) is 0 Å². The highest BCUT2D eigenvalue weighted by molar-refractivity contribution is 5.80. The lowest BCUT2D eigenvalue weighted by atomic mass is 10.0. The molecule has 1 atom stereocenters. The predicted molar refractivity (Wildman–Crippen MR) is 60.9 cm³/mol. The maximum atomic E-state index is 11.5. The number of ether oxygens (including phenoxy) is 1. The summed E-state index contributed by atoms with van der Waals surface area (Å²) in [5.74, 6) is -1.75. The first-order chi connectivity index (χ1) is 8.18. The monoisotopic (exact) mass is 262 g/mol. The largest absolute Gasteiger partial charge is 0.481 e. The molecule has 18 heavy (non-hydrogen) atoms. The number of methoxy groups -OCH3 is 1. The summed E-state index contributed by atoms with van der Waals surface area (Å²) in [7, 11) is 2.57. The van der Waals surface area contributed by atoms with Crippen LogP contribution in [0, 0.1) is 0 Å². The molecule has 0 spiro atoms. The minimum Gasteiger partial charge on any atom is -0.481 e. The molecule has 0 aromatic heterocycles. The quantitative estimate of drug-likeness (QED) is 0.530. The molecule has 1 unspecified atom stereocenters. The van der Waals surface area contributed by atoms with Gasteiger partial charge in [0.05, 0.1) is 19.1 Å². The predicted octanol–water partition coefficient (Wildman–Crippen LogP) is -0.973. The van der Waals surface area contributed by atoms with Crippen molar-refractivity contribution in [3.8, 4) is 0 Å². The minimum atomic E-state index is -1.55. The molecule has 0 aliphatic carbocycles. The first-order valence-corrected chi connectivity index (χ1v) is 5.18. The normalized spacial score (nSPS) is 13.3. The second kappa shape index (κ2) is 6.80. The molecule has 0 aromatic carbocycles. The number of amides is 2. The summed E-state index contributed by atoms with van der Waals surface area (Å²) in [4.78, 5) is 33.9. The smallest absolute Gasteiger partial charge is 0.325 e. The molecule has 2 amide bonds. The lowest BCUT2D eigenvalue weighted by molar-refractivity contribution is -0.142. The van der Waals surface area contributed by atoms with Gasteiger partial charge in [0.2, 0.25) is 0 Å². The number of hydrogen-bond donors (Lipinski definition) is 3. The molecule has 104 valence electrons. The molecule has 8 heteroatoms. The van der Waals surface area contributed by atoms with Gasteiger partial charge < -0.3 is 25.2 Å². The Morgan fingerprint density at radius 1 is 1.39 bits per heavy atom. The highest BCUT2D eigenvalue weighted by Crippen LogP contribution is 2.07. The molecule has 0 aliphatic heterocycles. The van der Waals surface area contributed by atoms with Crippen LogP contribution in [0.4, 0.5) is 4.79 Å². The average Bonchev–Trinajstić information content (AvgIpc) is 2.23. The van der Waals surface area contributed by atoms with Gasteiger partial charge in [0, 0.05) is 13.6 Å². The van der Waals surface area contributed by atoms with Crippen LogP contribution in [0.3, 0.4) is 0 Å². The number of carbonyl (C=O) groups is 3. The third-order valence-corrected chi connectivity index (χ3v) is 2.09. The fraction of sp³-hybridized carbons (Fsp3) is 0.700. The Bertz CT molecular complexity index is 328. The number of esters is 1. The van der Waals surface area contributed by atoms with Gasteiger partial charge in [-0.1, -0.05) is 0 Å². The van der Waals surface area contributed by atoms with Crippen LogP contribution in [0.25, 0.3) is 0 Å². The number of likely N-dealkylation sites (N-methyl/N-ethyl adjacent to an activating group) is 1. The van der Waals surface area contributed by atoms with E-state index in [0.717, 1.165) is 4.90 Å². The van der Waals surface area contributed by atoms with Crippen molar-refractivity contribution in [3.63, 3.8) is 0 Å². The number of carboxylic acid groups (broad SMARTS) is 1. The van der Waals surface area contributed by atoms with Crippen LogP contribution in [0.2, 0.25) is 0 Å². The molecule has 0 aliphatic rings. The Labute approximate surface area is 105 Å². The maximum Gasteiger partial charge on any atom is 0.325 e. The third-order valence-electron chi connectivity index (χ3n) is 2.09. The van der Waals surface area contributed by atoms with E-state index < -0.39 is 30.0 Å². The summed E-state index contributed by atoms with van der Waals surface area (Å²) >= 11 is 0. The van der Waals surface area contributed by atoms with Crippen LogP contribution in [0.1, 0.15) is 13.3 Å². The molecular weight excluding hydrogens is 244 g/mol. The Morgan fingerprint density at radius 2 is 1.94 bits per heavy atom. The fourth-order valence-electron chi connectivity index (χ4n) is 1.12. The average molecular weight is 262 g/mol. The number of aliphatic hydroxyl groups is 1. The molecule has 0 radical (unpaired) electrons. The Balaban J connectivity index is 4.16. The minimum absolute atomic E-state index is 0.232. The third kappa shape index (κ3) is 6.69. The van der Waals surface area contributed by atoms with Gasteiger partial charge in [-0.05, 0) is 6.92 Å². The van der Waals surface area contributed by atoms with Crippen LogP contribution in [0.5, 0.6) is 0 Å². The number of carboxylic acids is 1. The summed E-state index contributed by atoms with van der Waals surface area (Å²) in [5, 5.41) is 20.5. The van der Waals surface area contributed by atoms with Crippen LogP contribution >= 0.6 is 0 Å². The summed E-state index contributed by atoms with van der Waals surface area (Å²) in [5.41, 5.74) is -1.55. The fourth-order valence-corrected chi connectivity index (χ4v) is 1.12. The Hall–Kier alpha value is -1.83. The second-order valence-corrected chi connectivity index (χ2v) is 4.16. The topological polar surface area (TPSA) is 116 Å². The first-order valence-electron chi connectivity index (χ1n) is 5.18. The Kier molecular flexibility index (Phi) is 6.11. The lowest BCUT2D eigenvalue weighted by Gasteiger charge is -2.23. The number of carbonyl (C=O) groups excluding carboxylic acids is 2. The molecule has 0 bridgehead atoms. The van der Waals surface area contributed by atoms with E-state index in [1.807, 2.05) is 0 Å². The van der Waals surface area contributed by atoms with Gasteiger partial charge >= 0.3 is 18.0 Å². The van der Waals surface area contributed by atoms with Crippen LogP contribution in [0.15, 0.2) is 0 Å². The molecule has 3 N–H and O–H groups in total. The molecule has 0 saturated heterocycles. The zero-order valence-corrected chi connectivity index (χ0v) is 10.6. The number of nitrogens with one attached hydrogen (secondary N) is 1. The van der Waals surface area contributed by atoms with Gasteiger partial charge in [-0.25, -0.2) is 4.79 Å². The SMILES string of the molecule is COC(=O)CN(C)C(=O)NCC(C)(O)CC(=O)O. The van der Waals surface area contributed by atoms with Crippen molar-refractivity contribution in [2.24, 2.45) is 0 Å². The highest BCUT2D eigenvalue weighted by atomic mass is 16.5. The summed E-state index contributed by atoms with van der Waals surface area (Å²) in [6.07, 6.45) is -0.492. The van der Waals surface area contributed by atoms with E-state index in [-0.39, 0.29) is 13.1 Å². The zero-order valence-electron chi connectivity index (χ0n) is 10.6. The van der Waals surface area contributed by atoms with Crippen molar-refractivity contribution in [3.05, 3.63) is 0 Å². The van der Waals surface area contributed by atoms with Gasteiger partial charge in [-0.15, -0.1) is 0 Å². The van der Waals surface area contributed by atoms with Crippen molar-refractivity contribution in [2.45, 2.75) is 18.9 Å². The summed E-state index contributed by atoms with van der Waals surface area (Å²) < 4.78 is 4.38. The van der Waals surface area contributed by atoms with Crippen LogP contribution < -0.4 is 5.32 Å². The standard InChI is InChI=1S/C10H18N2O6/c1-10(17,4-7(13)14)6-11-9(16)12(2)5-8(15)18-3/h17H,4-6H2,1-3H3,(H,11,16)(H,13,14). The Morgan fingerprint density at radius 3 is 2.39 bits per heavy atom. The maximum absolute atomic E-state index is 11.5. The van der Waals surface area contributed by atoms with Crippen molar-refractivity contribution < 1.29 is 29.3 Å². The van der Waals surface area contributed by atoms with Crippen molar-refractivity contribution in [2.75, 3.05) is 27.2 Å². The highest BCUT2D eigenvalue weighted by Gasteiger charge is 2.25. The van der Waals surface area contributed by atoms with Gasteiger partial charge in [-0.3, -0.25) is 9.59 Å². The number of nitrogens with zero attached hydrogens (tertiary/aromatic N) is 1. The van der Waals surface area contributed by atoms with E-state index in [0.29, 0.717) is 0 Å². The van der Waals surface area contributed by atoms with E-state index in [9.17, 15) is 19.5 Å². The van der Waals surface area contributed by atoms with Crippen molar-refractivity contribution >= 4 is 18.0 Å². The number of aliphatic carboxylic acids is 1. The van der Waals surface area contributed by atoms with E-state index in [4.69, 9.17) is 5.11 Å². The molecule has 0 rings (SSSR count). The first kappa shape index (κ1) is 16.2.